The number of hydrogen-bond acceptors (Lipinski definition) is 4. The van der Waals surface area contributed by atoms with E-state index in [9.17, 15) is 9.18 Å². The number of amides is 1. The van der Waals surface area contributed by atoms with E-state index >= 15 is 0 Å². The molecule has 1 aliphatic rings. The zero-order chi connectivity index (χ0) is 20.6. The van der Waals surface area contributed by atoms with Crippen LogP contribution in [0.1, 0.15) is 17.5 Å². The molecule has 1 aliphatic heterocycles. The standard InChI is InChI=1S/C23H30FN3O2/c1-25(16-19-6-10-22(29-2)11-7-19)23(28)18-27-13-3-12-26(14-15-27)17-20-4-8-21(24)9-5-20/h4-11H,3,12-18H2,1-2H3. The van der Waals surface area contributed by atoms with Crippen LogP contribution < -0.4 is 4.74 Å². The highest BCUT2D eigenvalue weighted by Gasteiger charge is 2.19. The number of hydrogen-bond donors (Lipinski definition) is 0. The van der Waals surface area contributed by atoms with Gasteiger partial charge in [-0.25, -0.2) is 4.39 Å². The van der Waals surface area contributed by atoms with E-state index in [1.165, 1.54) is 12.1 Å². The second kappa shape index (κ2) is 10.4. The molecule has 0 radical (unpaired) electrons. The van der Waals surface area contributed by atoms with Gasteiger partial charge in [0, 0.05) is 33.2 Å². The van der Waals surface area contributed by atoms with Crippen molar-refractivity contribution in [3.63, 3.8) is 0 Å². The van der Waals surface area contributed by atoms with E-state index in [0.29, 0.717) is 13.1 Å². The Labute approximate surface area is 172 Å². The maximum Gasteiger partial charge on any atom is 0.236 e. The maximum absolute atomic E-state index is 13.1. The molecule has 0 aromatic heterocycles. The van der Waals surface area contributed by atoms with E-state index in [-0.39, 0.29) is 11.7 Å². The number of halogens is 1. The van der Waals surface area contributed by atoms with Crippen LogP contribution in [-0.2, 0) is 17.9 Å². The monoisotopic (exact) mass is 399 g/mol. The summed E-state index contributed by atoms with van der Waals surface area (Å²) >= 11 is 0. The van der Waals surface area contributed by atoms with E-state index in [1.807, 2.05) is 43.4 Å². The summed E-state index contributed by atoms with van der Waals surface area (Å²) < 4.78 is 18.3. The van der Waals surface area contributed by atoms with Crippen molar-refractivity contribution in [3.05, 3.63) is 65.5 Å². The Balaban J connectivity index is 1.45. The lowest BCUT2D eigenvalue weighted by Crippen LogP contribution is -2.39. The maximum atomic E-state index is 13.1. The third kappa shape index (κ3) is 6.54. The largest absolute Gasteiger partial charge is 0.497 e. The molecule has 0 aliphatic carbocycles. The van der Waals surface area contributed by atoms with Gasteiger partial charge < -0.3 is 9.64 Å². The van der Waals surface area contributed by atoms with E-state index in [1.54, 1.807) is 12.0 Å². The molecule has 1 heterocycles. The van der Waals surface area contributed by atoms with Gasteiger partial charge in [0.15, 0.2) is 0 Å². The van der Waals surface area contributed by atoms with Crippen molar-refractivity contribution >= 4 is 5.91 Å². The van der Waals surface area contributed by atoms with Crippen LogP contribution in [0.2, 0.25) is 0 Å². The summed E-state index contributed by atoms with van der Waals surface area (Å²) in [5.41, 5.74) is 2.21. The number of methoxy groups -OCH3 is 1. The Kier molecular flexibility index (Phi) is 7.61. The molecule has 156 valence electrons. The molecular weight excluding hydrogens is 369 g/mol. The van der Waals surface area contributed by atoms with Crippen molar-refractivity contribution in [3.8, 4) is 5.75 Å². The summed E-state index contributed by atoms with van der Waals surface area (Å²) in [5, 5.41) is 0. The SMILES string of the molecule is COc1ccc(CN(C)C(=O)CN2CCCN(Cc3ccc(F)cc3)CC2)cc1. The highest BCUT2D eigenvalue weighted by Crippen LogP contribution is 2.13. The molecule has 5 nitrogen and oxygen atoms in total. The zero-order valence-electron chi connectivity index (χ0n) is 17.3. The lowest BCUT2D eigenvalue weighted by Gasteiger charge is -2.24. The van der Waals surface area contributed by atoms with E-state index in [0.717, 1.165) is 56.0 Å². The van der Waals surface area contributed by atoms with Crippen LogP contribution in [0.5, 0.6) is 5.75 Å². The number of carbonyl (C=O) groups is 1. The molecule has 1 fully saturated rings. The Morgan fingerprint density at radius 2 is 1.59 bits per heavy atom. The number of carbonyl (C=O) groups excluding carboxylic acids is 1. The van der Waals surface area contributed by atoms with Gasteiger partial charge in [0.2, 0.25) is 5.91 Å². The Hall–Kier alpha value is -2.44. The van der Waals surface area contributed by atoms with Gasteiger partial charge in [0.05, 0.1) is 13.7 Å². The van der Waals surface area contributed by atoms with Crippen LogP contribution in [0.4, 0.5) is 4.39 Å². The molecule has 0 saturated carbocycles. The van der Waals surface area contributed by atoms with Crippen LogP contribution in [0.15, 0.2) is 48.5 Å². The second-order valence-electron chi connectivity index (χ2n) is 7.63. The highest BCUT2D eigenvalue weighted by molar-refractivity contribution is 5.78. The summed E-state index contributed by atoms with van der Waals surface area (Å²) in [4.78, 5) is 19.1. The van der Waals surface area contributed by atoms with Crippen LogP contribution in [-0.4, -0.2) is 67.5 Å². The fourth-order valence-corrected chi connectivity index (χ4v) is 3.59. The molecule has 2 aromatic carbocycles. The normalized spacial score (nSPS) is 15.7. The number of ether oxygens (including phenoxy) is 1. The molecular formula is C23H30FN3O2. The van der Waals surface area contributed by atoms with Crippen molar-refractivity contribution in [2.75, 3.05) is 46.9 Å². The van der Waals surface area contributed by atoms with Gasteiger partial charge >= 0.3 is 0 Å². The molecule has 0 bridgehead atoms. The molecule has 0 spiro atoms. The van der Waals surface area contributed by atoms with Gasteiger partial charge in [-0.15, -0.1) is 0 Å². The predicted molar refractivity (Wildman–Crippen MR) is 112 cm³/mol. The number of likely N-dealkylation sites (N-methyl/N-ethyl adjacent to an activating group) is 1. The van der Waals surface area contributed by atoms with Crippen LogP contribution >= 0.6 is 0 Å². The second-order valence-corrected chi connectivity index (χ2v) is 7.63. The van der Waals surface area contributed by atoms with Gasteiger partial charge in [-0.2, -0.15) is 0 Å². The van der Waals surface area contributed by atoms with Crippen molar-refractivity contribution < 1.29 is 13.9 Å². The van der Waals surface area contributed by atoms with Crippen LogP contribution in [0.25, 0.3) is 0 Å². The molecule has 1 amide bonds. The molecule has 2 aromatic rings. The smallest absolute Gasteiger partial charge is 0.236 e. The summed E-state index contributed by atoms with van der Waals surface area (Å²) in [6.07, 6.45) is 1.02. The molecule has 0 N–H and O–H groups in total. The fraction of sp³-hybridized carbons (Fsp3) is 0.435. The van der Waals surface area contributed by atoms with Gasteiger partial charge in [-0.3, -0.25) is 14.6 Å². The van der Waals surface area contributed by atoms with E-state index < -0.39 is 0 Å². The average molecular weight is 400 g/mol. The first-order valence-corrected chi connectivity index (χ1v) is 10.1. The van der Waals surface area contributed by atoms with Crippen molar-refractivity contribution in [2.24, 2.45) is 0 Å². The Morgan fingerprint density at radius 3 is 2.28 bits per heavy atom. The first-order chi connectivity index (χ1) is 14.0. The molecule has 6 heteroatoms. The molecule has 0 atom stereocenters. The third-order valence-corrected chi connectivity index (χ3v) is 5.36. The van der Waals surface area contributed by atoms with Crippen LogP contribution in [0.3, 0.4) is 0 Å². The van der Waals surface area contributed by atoms with Crippen LogP contribution in [0, 0.1) is 5.82 Å². The minimum absolute atomic E-state index is 0.132. The zero-order valence-corrected chi connectivity index (χ0v) is 17.3. The fourth-order valence-electron chi connectivity index (χ4n) is 3.59. The Morgan fingerprint density at radius 1 is 0.966 bits per heavy atom. The topological polar surface area (TPSA) is 36.0 Å². The summed E-state index contributed by atoms with van der Waals surface area (Å²) in [6.45, 7) is 5.53. The summed E-state index contributed by atoms with van der Waals surface area (Å²) in [6, 6.07) is 14.5. The highest BCUT2D eigenvalue weighted by atomic mass is 19.1. The van der Waals surface area contributed by atoms with E-state index in [2.05, 4.69) is 9.80 Å². The van der Waals surface area contributed by atoms with Gasteiger partial charge in [-0.1, -0.05) is 24.3 Å². The van der Waals surface area contributed by atoms with Gasteiger partial charge in [-0.05, 0) is 54.9 Å². The summed E-state index contributed by atoms with van der Waals surface area (Å²) in [7, 11) is 3.50. The first-order valence-electron chi connectivity index (χ1n) is 10.1. The molecule has 29 heavy (non-hydrogen) atoms. The minimum atomic E-state index is -0.201. The third-order valence-electron chi connectivity index (χ3n) is 5.36. The van der Waals surface area contributed by atoms with Gasteiger partial charge in [0.1, 0.15) is 11.6 Å². The van der Waals surface area contributed by atoms with Crippen molar-refractivity contribution in [1.29, 1.82) is 0 Å². The summed E-state index contributed by atoms with van der Waals surface area (Å²) in [5.74, 6) is 0.748. The lowest BCUT2D eigenvalue weighted by molar-refractivity contribution is -0.131. The molecule has 0 unspecified atom stereocenters. The lowest BCUT2D eigenvalue weighted by atomic mass is 10.2. The van der Waals surface area contributed by atoms with Gasteiger partial charge in [0.25, 0.3) is 0 Å². The number of nitrogens with zero attached hydrogens (tertiary/aromatic N) is 3. The van der Waals surface area contributed by atoms with Crippen molar-refractivity contribution in [2.45, 2.75) is 19.5 Å². The van der Waals surface area contributed by atoms with E-state index in [4.69, 9.17) is 4.74 Å². The number of benzene rings is 2. The molecule has 1 saturated heterocycles. The number of rotatable bonds is 7. The quantitative estimate of drug-likeness (QED) is 0.717. The minimum Gasteiger partial charge on any atom is -0.497 e. The van der Waals surface area contributed by atoms with Crippen molar-refractivity contribution in [1.82, 2.24) is 14.7 Å². The first kappa shape index (κ1) is 21.3. The predicted octanol–water partition coefficient (Wildman–Crippen LogP) is 3.00. The Bertz CT molecular complexity index is 780. The average Bonchev–Trinajstić information content (AvgIpc) is 2.95. The molecule has 3 rings (SSSR count).